The summed E-state index contributed by atoms with van der Waals surface area (Å²) in [6.45, 7) is 2.28. The summed E-state index contributed by atoms with van der Waals surface area (Å²) in [5.41, 5.74) is 2.08. The fraction of sp³-hybridized carbons (Fsp3) is 0.412. The maximum atomic E-state index is 12.5. The van der Waals surface area contributed by atoms with E-state index < -0.39 is 0 Å². The first kappa shape index (κ1) is 12.6. The molecule has 1 heterocycles. The van der Waals surface area contributed by atoms with Gasteiger partial charge < -0.3 is 5.32 Å². The Morgan fingerprint density at radius 3 is 2.33 bits per heavy atom. The summed E-state index contributed by atoms with van der Waals surface area (Å²) < 4.78 is 0. The molecule has 3 aliphatic rings. The Hall–Kier alpha value is -2.10. The molecule has 0 radical (unpaired) electrons. The number of hydrogen-bond donors (Lipinski definition) is 1. The number of fused-ring (bicyclic) bond motifs is 5. The predicted octanol–water partition coefficient (Wildman–Crippen LogP) is 2.17. The predicted molar refractivity (Wildman–Crippen MR) is 79.2 cm³/mol. The third-order valence-corrected chi connectivity index (χ3v) is 5.13. The maximum Gasteiger partial charge on any atom is 0.235 e. The summed E-state index contributed by atoms with van der Waals surface area (Å²) in [7, 11) is 0. The van der Waals surface area contributed by atoms with E-state index in [4.69, 9.17) is 0 Å². The molecule has 4 atom stereocenters. The number of nitrogens with one attached hydrogen (secondary N) is 1. The Morgan fingerprint density at radius 1 is 1.10 bits per heavy atom. The number of hydrogen-bond acceptors (Lipinski definition) is 3. The second-order valence-corrected chi connectivity index (χ2v) is 6.25. The zero-order valence-corrected chi connectivity index (χ0v) is 12.0. The standard InChI is InChI=1S/C17H18N2O2/c1-10-4-2-3-5-13(10)18-9-19-16(20)14-11-6-7-12(8-11)15(14)17(19)21/h2-7,11-12,14-15,18H,8-9H2,1H3/t11-,12-,14-,15-/m0/s1. The van der Waals surface area contributed by atoms with Crippen molar-refractivity contribution in [2.24, 2.45) is 23.7 Å². The summed E-state index contributed by atoms with van der Waals surface area (Å²) in [4.78, 5) is 26.5. The van der Waals surface area contributed by atoms with Crippen molar-refractivity contribution in [3.05, 3.63) is 42.0 Å². The van der Waals surface area contributed by atoms with Gasteiger partial charge in [0.1, 0.15) is 0 Å². The molecule has 0 aromatic heterocycles. The third-order valence-electron chi connectivity index (χ3n) is 5.13. The SMILES string of the molecule is Cc1ccccc1NCN1C(=O)[C@@H]2[C@@H](C1=O)[C@H]1C=C[C@H]2C1. The van der Waals surface area contributed by atoms with Crippen molar-refractivity contribution in [2.75, 3.05) is 12.0 Å². The zero-order valence-electron chi connectivity index (χ0n) is 12.0. The van der Waals surface area contributed by atoms with E-state index in [9.17, 15) is 9.59 Å². The van der Waals surface area contributed by atoms with E-state index in [0.717, 1.165) is 17.7 Å². The van der Waals surface area contributed by atoms with E-state index in [-0.39, 0.29) is 42.2 Å². The van der Waals surface area contributed by atoms with Crippen LogP contribution >= 0.6 is 0 Å². The molecule has 1 saturated carbocycles. The van der Waals surface area contributed by atoms with Crippen molar-refractivity contribution < 1.29 is 9.59 Å². The lowest BCUT2D eigenvalue weighted by atomic mass is 9.85. The molecule has 1 aromatic rings. The molecule has 1 aromatic carbocycles. The number of carbonyl (C=O) groups is 2. The van der Waals surface area contributed by atoms with Crippen LogP contribution in [0.5, 0.6) is 0 Å². The van der Waals surface area contributed by atoms with Crippen LogP contribution < -0.4 is 5.32 Å². The van der Waals surface area contributed by atoms with Crippen LogP contribution in [0.15, 0.2) is 36.4 Å². The van der Waals surface area contributed by atoms with E-state index in [1.807, 2.05) is 31.2 Å². The van der Waals surface area contributed by atoms with Crippen LogP contribution in [0.2, 0.25) is 0 Å². The molecule has 4 nitrogen and oxygen atoms in total. The number of carbonyl (C=O) groups excluding carboxylic acids is 2. The second kappa shape index (κ2) is 4.45. The van der Waals surface area contributed by atoms with Crippen molar-refractivity contribution in [1.29, 1.82) is 0 Å². The van der Waals surface area contributed by atoms with E-state index in [0.29, 0.717) is 0 Å². The molecule has 2 aliphatic carbocycles. The Kier molecular flexibility index (Phi) is 2.67. The van der Waals surface area contributed by atoms with Crippen LogP contribution in [-0.2, 0) is 9.59 Å². The molecule has 1 saturated heterocycles. The smallest absolute Gasteiger partial charge is 0.235 e. The highest BCUT2D eigenvalue weighted by Gasteiger charge is 2.59. The Balaban J connectivity index is 1.51. The molecular weight excluding hydrogens is 264 g/mol. The first-order chi connectivity index (χ1) is 10.2. The van der Waals surface area contributed by atoms with Crippen molar-refractivity contribution in [2.45, 2.75) is 13.3 Å². The van der Waals surface area contributed by atoms with Gasteiger partial charge in [-0.15, -0.1) is 0 Å². The lowest BCUT2D eigenvalue weighted by molar-refractivity contribution is -0.140. The minimum atomic E-state index is -0.105. The normalized spacial score (nSPS) is 32.9. The molecule has 4 rings (SSSR count). The molecule has 108 valence electrons. The molecule has 1 N–H and O–H groups in total. The van der Waals surface area contributed by atoms with Gasteiger partial charge in [0, 0.05) is 5.69 Å². The number of amides is 2. The van der Waals surface area contributed by atoms with Crippen molar-refractivity contribution in [3.63, 3.8) is 0 Å². The number of anilines is 1. The van der Waals surface area contributed by atoms with Crippen molar-refractivity contribution >= 4 is 17.5 Å². The Bertz CT molecular complexity index is 622. The minimum Gasteiger partial charge on any atom is -0.367 e. The van der Waals surface area contributed by atoms with E-state index in [1.54, 1.807) is 0 Å². The molecule has 4 heteroatoms. The van der Waals surface area contributed by atoms with Gasteiger partial charge in [0.25, 0.3) is 0 Å². The first-order valence-corrected chi connectivity index (χ1v) is 7.50. The van der Waals surface area contributed by atoms with Crippen LogP contribution in [0, 0.1) is 30.6 Å². The number of rotatable bonds is 3. The zero-order chi connectivity index (χ0) is 14.6. The highest BCUT2D eigenvalue weighted by Crippen LogP contribution is 2.52. The lowest BCUT2D eigenvalue weighted by Gasteiger charge is -2.19. The summed E-state index contributed by atoms with van der Waals surface area (Å²) in [6, 6.07) is 7.89. The molecule has 2 bridgehead atoms. The minimum absolute atomic E-state index is 0.00272. The van der Waals surface area contributed by atoms with Gasteiger partial charge in [-0.25, -0.2) is 0 Å². The van der Waals surface area contributed by atoms with E-state index in [2.05, 4.69) is 17.5 Å². The van der Waals surface area contributed by atoms with Gasteiger partial charge in [-0.05, 0) is 36.8 Å². The van der Waals surface area contributed by atoms with E-state index in [1.165, 1.54) is 4.90 Å². The van der Waals surface area contributed by atoms with Gasteiger partial charge in [0.15, 0.2) is 0 Å². The number of imide groups is 1. The Morgan fingerprint density at radius 2 is 1.71 bits per heavy atom. The summed E-state index contributed by atoms with van der Waals surface area (Å²) in [5, 5.41) is 3.22. The molecular formula is C17H18N2O2. The number of benzene rings is 1. The summed E-state index contributed by atoms with van der Waals surface area (Å²) in [5.74, 6) is 0.350. The van der Waals surface area contributed by atoms with Gasteiger partial charge in [-0.3, -0.25) is 14.5 Å². The average molecular weight is 282 g/mol. The van der Waals surface area contributed by atoms with E-state index >= 15 is 0 Å². The fourth-order valence-corrected chi connectivity index (χ4v) is 4.06. The number of aryl methyl sites for hydroxylation is 1. The quantitative estimate of drug-likeness (QED) is 0.683. The van der Waals surface area contributed by atoms with Gasteiger partial charge in [0.05, 0.1) is 18.5 Å². The van der Waals surface area contributed by atoms with Crippen LogP contribution in [0.4, 0.5) is 5.69 Å². The highest BCUT2D eigenvalue weighted by atomic mass is 16.2. The molecule has 0 unspecified atom stereocenters. The van der Waals surface area contributed by atoms with Crippen molar-refractivity contribution in [1.82, 2.24) is 4.90 Å². The third kappa shape index (κ3) is 1.75. The van der Waals surface area contributed by atoms with Gasteiger partial charge >= 0.3 is 0 Å². The fourth-order valence-electron chi connectivity index (χ4n) is 4.06. The first-order valence-electron chi connectivity index (χ1n) is 7.50. The largest absolute Gasteiger partial charge is 0.367 e. The van der Waals surface area contributed by atoms with Gasteiger partial charge in [-0.2, -0.15) is 0 Å². The molecule has 2 amide bonds. The molecule has 0 spiro atoms. The molecule has 2 fully saturated rings. The maximum absolute atomic E-state index is 12.5. The summed E-state index contributed by atoms with van der Waals surface area (Å²) in [6.07, 6.45) is 5.22. The lowest BCUT2D eigenvalue weighted by Crippen LogP contribution is -2.37. The van der Waals surface area contributed by atoms with Gasteiger partial charge in [0.2, 0.25) is 11.8 Å². The molecule has 21 heavy (non-hydrogen) atoms. The molecule has 1 aliphatic heterocycles. The topological polar surface area (TPSA) is 49.4 Å². The summed E-state index contributed by atoms with van der Waals surface area (Å²) >= 11 is 0. The average Bonchev–Trinajstić information content (AvgIpc) is 3.14. The van der Waals surface area contributed by atoms with Crippen LogP contribution in [0.1, 0.15) is 12.0 Å². The number of nitrogens with zero attached hydrogens (tertiary/aromatic N) is 1. The Labute approximate surface area is 123 Å². The number of para-hydroxylation sites is 1. The van der Waals surface area contributed by atoms with Gasteiger partial charge in [-0.1, -0.05) is 30.4 Å². The van der Waals surface area contributed by atoms with Crippen LogP contribution in [0.3, 0.4) is 0 Å². The monoisotopic (exact) mass is 282 g/mol. The van der Waals surface area contributed by atoms with Crippen LogP contribution in [0.25, 0.3) is 0 Å². The second-order valence-electron chi connectivity index (χ2n) is 6.25. The highest BCUT2D eigenvalue weighted by molar-refractivity contribution is 6.06. The van der Waals surface area contributed by atoms with Crippen LogP contribution in [-0.4, -0.2) is 23.4 Å². The van der Waals surface area contributed by atoms with Crippen molar-refractivity contribution in [3.8, 4) is 0 Å². The number of likely N-dealkylation sites (tertiary alicyclic amines) is 1. The number of allylic oxidation sites excluding steroid dienone is 2.